The molecule has 50 heavy (non-hydrogen) atoms. The summed E-state index contributed by atoms with van der Waals surface area (Å²) in [7, 11) is 0. The number of unbranched alkanes of at least 4 members (excludes halogenated alkanes) is 7. The normalized spacial score (nSPS) is 22.2. The third kappa shape index (κ3) is 7.17. The molecule has 0 amide bonds. The van der Waals surface area contributed by atoms with Gasteiger partial charge in [0.1, 0.15) is 0 Å². The molecule has 6 heteroatoms. The highest BCUT2D eigenvalue weighted by molar-refractivity contribution is 6.31. The van der Waals surface area contributed by atoms with Gasteiger partial charge in [-0.1, -0.05) is 85.0 Å². The van der Waals surface area contributed by atoms with Crippen molar-refractivity contribution in [2.45, 2.75) is 116 Å². The van der Waals surface area contributed by atoms with E-state index in [2.05, 4.69) is 48.8 Å². The van der Waals surface area contributed by atoms with Gasteiger partial charge in [0.2, 0.25) is 0 Å². The van der Waals surface area contributed by atoms with Crippen molar-refractivity contribution < 1.29 is 0 Å². The van der Waals surface area contributed by atoms with Crippen LogP contribution in [0.5, 0.6) is 0 Å². The van der Waals surface area contributed by atoms with E-state index in [1.807, 2.05) is 24.3 Å². The molecule has 0 spiro atoms. The number of nitrogens with one attached hydrogen (secondary N) is 2. The van der Waals surface area contributed by atoms with Crippen molar-refractivity contribution in [2.75, 3.05) is 23.7 Å². The van der Waals surface area contributed by atoms with Crippen molar-refractivity contribution in [1.29, 1.82) is 0 Å². The minimum absolute atomic E-state index is 0.578. The standard InChI is InChI=1S/C44H52Cl2N4/c1-27-17-29-21-31(19-27)41-39(23-29)49-37-25-33(45)11-13-35(37)43(41)47-15-9-7-5-3-4-6-8-10-16-48-44-36-14-12-34(46)26-38(36)50-40-24-30-18-28(2)20-32(22-30)42(40)44/h11-14,17-18,25-26,29-32H,3-10,15-16,19-24H2,1-2H3,(H,47,49)(H,48,50)/t29-,30-,31+,32+/m1/s1. The lowest BCUT2D eigenvalue weighted by molar-refractivity contribution is 0.433. The maximum absolute atomic E-state index is 6.40. The summed E-state index contributed by atoms with van der Waals surface area (Å²) in [5, 5.41) is 11.8. The molecule has 0 unspecified atom stereocenters. The van der Waals surface area contributed by atoms with Gasteiger partial charge in [-0.15, -0.1) is 0 Å². The number of nitrogens with zero attached hydrogens (tertiary/aromatic N) is 2. The minimum atomic E-state index is 0.578. The van der Waals surface area contributed by atoms with Crippen molar-refractivity contribution in [2.24, 2.45) is 11.8 Å². The molecule has 4 nitrogen and oxygen atoms in total. The molecule has 4 aromatic rings. The Balaban J connectivity index is 0.794. The SMILES string of the molecule is CC1=C[C@H]2Cc3nc4cc(Cl)ccc4c(NCCCCCCCCCCNc4c5c(nc6cc(Cl)ccc46)C[C@@H]4C=C(C)C[C@H]5C4)c3[C@@H](C1)C2. The van der Waals surface area contributed by atoms with Crippen molar-refractivity contribution in [1.82, 2.24) is 9.97 Å². The van der Waals surface area contributed by atoms with E-state index in [0.29, 0.717) is 23.7 Å². The highest BCUT2D eigenvalue weighted by Gasteiger charge is 2.35. The van der Waals surface area contributed by atoms with Crippen LogP contribution in [-0.4, -0.2) is 23.1 Å². The summed E-state index contributed by atoms with van der Waals surface area (Å²) in [4.78, 5) is 10.3. The third-order valence-corrected chi connectivity index (χ3v) is 12.4. The van der Waals surface area contributed by atoms with Crippen LogP contribution in [0.15, 0.2) is 59.7 Å². The smallest absolute Gasteiger partial charge is 0.0741 e. The molecule has 4 aliphatic carbocycles. The fourth-order valence-electron chi connectivity index (χ4n) is 9.89. The second kappa shape index (κ2) is 14.9. The monoisotopic (exact) mass is 706 g/mol. The predicted molar refractivity (Wildman–Crippen MR) is 213 cm³/mol. The van der Waals surface area contributed by atoms with Gasteiger partial charge in [-0.25, -0.2) is 0 Å². The summed E-state index contributed by atoms with van der Waals surface area (Å²) >= 11 is 12.8. The summed E-state index contributed by atoms with van der Waals surface area (Å²) < 4.78 is 0. The Morgan fingerprint density at radius 2 is 1.00 bits per heavy atom. The zero-order valence-corrected chi connectivity index (χ0v) is 31.4. The minimum Gasteiger partial charge on any atom is -0.384 e. The molecule has 4 aliphatic rings. The summed E-state index contributed by atoms with van der Waals surface area (Å²) in [6, 6.07) is 12.5. The summed E-state index contributed by atoms with van der Waals surface area (Å²) in [6.45, 7) is 6.64. The second-order valence-corrected chi connectivity index (χ2v) is 16.8. The van der Waals surface area contributed by atoms with E-state index in [1.165, 1.54) is 120 Å². The van der Waals surface area contributed by atoms with Crippen LogP contribution in [0.4, 0.5) is 11.4 Å². The zero-order chi connectivity index (χ0) is 34.2. The van der Waals surface area contributed by atoms with E-state index in [-0.39, 0.29) is 0 Å². The fourth-order valence-corrected chi connectivity index (χ4v) is 10.2. The molecular formula is C44H52Cl2N4. The van der Waals surface area contributed by atoms with Gasteiger partial charge in [-0.2, -0.15) is 0 Å². The topological polar surface area (TPSA) is 49.8 Å². The number of hydrogen-bond donors (Lipinski definition) is 2. The van der Waals surface area contributed by atoms with Gasteiger partial charge < -0.3 is 10.6 Å². The van der Waals surface area contributed by atoms with Crippen LogP contribution in [0.3, 0.4) is 0 Å². The first kappa shape index (κ1) is 34.0. The van der Waals surface area contributed by atoms with Crippen LogP contribution in [0.2, 0.25) is 10.0 Å². The maximum Gasteiger partial charge on any atom is 0.0741 e. The number of halogens is 2. The van der Waals surface area contributed by atoms with Crippen LogP contribution in [-0.2, 0) is 12.8 Å². The Morgan fingerprint density at radius 1 is 0.580 bits per heavy atom. The first-order chi connectivity index (χ1) is 24.4. The van der Waals surface area contributed by atoms with Gasteiger partial charge in [-0.3, -0.25) is 9.97 Å². The van der Waals surface area contributed by atoms with Gasteiger partial charge in [0.05, 0.1) is 11.0 Å². The predicted octanol–water partition coefficient (Wildman–Crippen LogP) is 12.7. The number of fused-ring (bicyclic) bond motifs is 10. The van der Waals surface area contributed by atoms with E-state index in [1.54, 1.807) is 0 Å². The highest BCUT2D eigenvalue weighted by Crippen LogP contribution is 2.49. The maximum atomic E-state index is 6.40. The molecule has 4 atom stereocenters. The molecule has 0 fully saturated rings. The summed E-state index contributed by atoms with van der Waals surface area (Å²) in [5.41, 5.74) is 13.3. The van der Waals surface area contributed by atoms with E-state index >= 15 is 0 Å². The molecule has 2 aromatic heterocycles. The molecule has 8 rings (SSSR count). The van der Waals surface area contributed by atoms with Gasteiger partial charge in [0.15, 0.2) is 0 Å². The van der Waals surface area contributed by atoms with Crippen molar-refractivity contribution in [3.8, 4) is 0 Å². The lowest BCUT2D eigenvalue weighted by atomic mass is 9.71. The number of anilines is 2. The molecule has 0 aliphatic heterocycles. The molecule has 2 heterocycles. The Kier molecular flexibility index (Phi) is 10.1. The van der Waals surface area contributed by atoms with Gasteiger partial charge >= 0.3 is 0 Å². The Labute approximate surface area is 308 Å². The van der Waals surface area contributed by atoms with Gasteiger partial charge in [-0.05, 0) is 125 Å². The molecule has 0 saturated carbocycles. The van der Waals surface area contributed by atoms with Crippen molar-refractivity contribution >= 4 is 56.4 Å². The average molecular weight is 708 g/mol. The number of rotatable bonds is 13. The molecular weight excluding hydrogens is 655 g/mol. The zero-order valence-electron chi connectivity index (χ0n) is 29.9. The van der Waals surface area contributed by atoms with Crippen LogP contribution in [0, 0.1) is 11.8 Å². The van der Waals surface area contributed by atoms with Gasteiger partial charge in [0, 0.05) is 67.8 Å². The Hall–Kier alpha value is -3.08. The summed E-state index contributed by atoms with van der Waals surface area (Å²) in [6.07, 6.45) is 22.1. The Bertz CT molecular complexity index is 1820. The first-order valence-corrected chi connectivity index (χ1v) is 20.2. The summed E-state index contributed by atoms with van der Waals surface area (Å²) in [5.74, 6) is 2.41. The lowest BCUT2D eigenvalue weighted by Crippen LogP contribution is -2.24. The highest BCUT2D eigenvalue weighted by atomic mass is 35.5. The molecule has 4 bridgehead atoms. The van der Waals surface area contributed by atoms with Crippen molar-refractivity contribution in [3.63, 3.8) is 0 Å². The van der Waals surface area contributed by atoms with Crippen LogP contribution in [0.25, 0.3) is 21.8 Å². The number of aromatic nitrogens is 2. The lowest BCUT2D eigenvalue weighted by Gasteiger charge is -2.36. The molecule has 2 N–H and O–H groups in total. The molecule has 0 radical (unpaired) electrons. The third-order valence-electron chi connectivity index (χ3n) is 11.9. The van der Waals surface area contributed by atoms with E-state index in [9.17, 15) is 0 Å². The Morgan fingerprint density at radius 3 is 1.44 bits per heavy atom. The van der Waals surface area contributed by atoms with Gasteiger partial charge in [0.25, 0.3) is 0 Å². The fraction of sp³-hybridized carbons (Fsp3) is 0.500. The first-order valence-electron chi connectivity index (χ1n) is 19.5. The van der Waals surface area contributed by atoms with E-state index in [4.69, 9.17) is 33.2 Å². The largest absolute Gasteiger partial charge is 0.384 e. The van der Waals surface area contributed by atoms with Crippen LogP contribution < -0.4 is 10.6 Å². The molecule has 0 saturated heterocycles. The van der Waals surface area contributed by atoms with E-state index in [0.717, 1.165) is 59.9 Å². The number of allylic oxidation sites excluding steroid dienone is 4. The quantitative estimate of drug-likeness (QED) is 0.107. The van der Waals surface area contributed by atoms with Crippen molar-refractivity contribution in [3.05, 3.63) is 92.3 Å². The van der Waals surface area contributed by atoms with E-state index < -0.39 is 0 Å². The number of hydrogen-bond acceptors (Lipinski definition) is 4. The molecule has 2 aromatic carbocycles. The van der Waals surface area contributed by atoms with Crippen LogP contribution >= 0.6 is 23.2 Å². The molecule has 262 valence electrons. The number of pyridine rings is 2. The van der Waals surface area contributed by atoms with Crippen LogP contribution in [0.1, 0.15) is 125 Å². The average Bonchev–Trinajstić information content (AvgIpc) is 3.07. The number of benzene rings is 2. The second-order valence-electron chi connectivity index (χ2n) is 15.9.